The zero-order valence-electron chi connectivity index (χ0n) is 12.2. The van der Waals surface area contributed by atoms with Gasteiger partial charge in [-0.05, 0) is 37.5 Å². The van der Waals surface area contributed by atoms with E-state index >= 15 is 0 Å². The second-order valence-corrected chi connectivity index (χ2v) is 6.44. The minimum absolute atomic E-state index is 0.389. The lowest BCUT2D eigenvalue weighted by Crippen LogP contribution is -2.43. The van der Waals surface area contributed by atoms with Gasteiger partial charge in [0, 0.05) is 33.3 Å². The molecule has 0 aromatic rings. The smallest absolute Gasteiger partial charge is 0.193 e. The Kier molecular flexibility index (Phi) is 3.96. The summed E-state index contributed by atoms with van der Waals surface area (Å²) in [4.78, 5) is 6.92. The molecule has 2 saturated heterocycles. The molecule has 0 aromatic carbocycles. The molecule has 1 aliphatic carbocycles. The summed E-state index contributed by atoms with van der Waals surface area (Å²) in [6, 6.07) is 0. The quantitative estimate of drug-likeness (QED) is 0.613. The Morgan fingerprint density at radius 3 is 2.84 bits per heavy atom. The molecule has 4 nitrogen and oxygen atoms in total. The Labute approximate surface area is 116 Å². The van der Waals surface area contributed by atoms with Gasteiger partial charge >= 0.3 is 0 Å². The molecular formula is C15H27N3O. The van der Waals surface area contributed by atoms with Crippen LogP contribution in [0, 0.1) is 5.41 Å². The van der Waals surface area contributed by atoms with Gasteiger partial charge < -0.3 is 15.0 Å². The van der Waals surface area contributed by atoms with Crippen molar-refractivity contribution in [1.29, 1.82) is 0 Å². The first kappa shape index (κ1) is 13.2. The number of hydrogen-bond acceptors (Lipinski definition) is 2. The molecule has 2 heterocycles. The molecule has 1 atom stereocenters. The number of rotatable bonds is 2. The summed E-state index contributed by atoms with van der Waals surface area (Å²) in [5, 5.41) is 3.51. The number of hydrogen-bond donors (Lipinski definition) is 1. The molecule has 2 aliphatic heterocycles. The Morgan fingerprint density at radius 1 is 1.32 bits per heavy atom. The van der Waals surface area contributed by atoms with Crippen LogP contribution in [0.15, 0.2) is 4.99 Å². The molecule has 1 spiro atoms. The largest absolute Gasteiger partial charge is 0.376 e. The molecule has 1 unspecified atom stereocenters. The van der Waals surface area contributed by atoms with Crippen molar-refractivity contribution in [2.75, 3.05) is 33.3 Å². The summed E-state index contributed by atoms with van der Waals surface area (Å²) in [6.45, 7) is 4.22. The number of ether oxygens (including phenoxy) is 1. The van der Waals surface area contributed by atoms with Crippen molar-refractivity contribution >= 4 is 5.96 Å². The van der Waals surface area contributed by atoms with Crippen molar-refractivity contribution in [2.45, 2.75) is 51.0 Å². The van der Waals surface area contributed by atoms with Crippen molar-refractivity contribution in [2.24, 2.45) is 10.4 Å². The number of aliphatic imine (C=N–C) groups is 1. The third kappa shape index (κ3) is 2.88. The lowest BCUT2D eigenvalue weighted by molar-refractivity contribution is 0.113. The number of nitrogens with one attached hydrogen (secondary N) is 1. The zero-order valence-corrected chi connectivity index (χ0v) is 12.2. The highest BCUT2D eigenvalue weighted by atomic mass is 16.5. The average Bonchev–Trinajstić information content (AvgIpc) is 3.15. The predicted octanol–water partition coefficient (Wildman–Crippen LogP) is 2.01. The van der Waals surface area contributed by atoms with Crippen molar-refractivity contribution in [3.63, 3.8) is 0 Å². The van der Waals surface area contributed by atoms with E-state index in [1.54, 1.807) is 0 Å². The average molecular weight is 265 g/mol. The summed E-state index contributed by atoms with van der Waals surface area (Å²) < 4.78 is 5.67. The molecule has 1 saturated carbocycles. The first-order valence-electron chi connectivity index (χ1n) is 7.89. The van der Waals surface area contributed by atoms with Gasteiger partial charge in [-0.1, -0.05) is 12.8 Å². The van der Waals surface area contributed by atoms with Crippen LogP contribution in [0.2, 0.25) is 0 Å². The molecule has 1 N–H and O–H groups in total. The molecule has 3 rings (SSSR count). The standard InChI is InChI=1S/C15H27N3O/c1-16-14(17-11-13-5-4-10-19-13)18-9-8-15(12-18)6-2-3-7-15/h13H,2-12H2,1H3,(H,16,17). The number of likely N-dealkylation sites (tertiary alicyclic amines) is 1. The summed E-state index contributed by atoms with van der Waals surface area (Å²) in [5.41, 5.74) is 0.613. The van der Waals surface area contributed by atoms with Crippen LogP contribution >= 0.6 is 0 Å². The van der Waals surface area contributed by atoms with Crippen LogP contribution in [0.5, 0.6) is 0 Å². The number of guanidine groups is 1. The molecule has 4 heteroatoms. The molecule has 0 radical (unpaired) electrons. The molecular weight excluding hydrogens is 238 g/mol. The van der Waals surface area contributed by atoms with E-state index in [0.29, 0.717) is 11.5 Å². The van der Waals surface area contributed by atoms with E-state index < -0.39 is 0 Å². The zero-order chi connectivity index (χ0) is 13.1. The van der Waals surface area contributed by atoms with E-state index in [4.69, 9.17) is 4.74 Å². The fraction of sp³-hybridized carbons (Fsp3) is 0.933. The molecule has 3 aliphatic rings. The van der Waals surface area contributed by atoms with E-state index in [9.17, 15) is 0 Å². The maximum atomic E-state index is 5.67. The highest BCUT2D eigenvalue weighted by molar-refractivity contribution is 5.80. The number of nitrogens with zero attached hydrogens (tertiary/aromatic N) is 2. The van der Waals surface area contributed by atoms with Crippen molar-refractivity contribution in [3.8, 4) is 0 Å². The Bertz CT molecular complexity index is 330. The van der Waals surface area contributed by atoms with Crippen molar-refractivity contribution in [1.82, 2.24) is 10.2 Å². The first-order valence-corrected chi connectivity index (χ1v) is 7.89. The summed E-state index contributed by atoms with van der Waals surface area (Å²) in [6.07, 6.45) is 9.84. The van der Waals surface area contributed by atoms with Crippen LogP contribution in [0.4, 0.5) is 0 Å². The Balaban J connectivity index is 1.51. The van der Waals surface area contributed by atoms with Gasteiger partial charge in [0.2, 0.25) is 0 Å². The monoisotopic (exact) mass is 265 g/mol. The lowest BCUT2D eigenvalue weighted by Gasteiger charge is -2.26. The van der Waals surface area contributed by atoms with Gasteiger partial charge in [0.25, 0.3) is 0 Å². The Hall–Kier alpha value is -0.770. The van der Waals surface area contributed by atoms with E-state index in [-0.39, 0.29) is 0 Å². The van der Waals surface area contributed by atoms with Gasteiger partial charge in [-0.3, -0.25) is 4.99 Å². The summed E-state index contributed by atoms with van der Waals surface area (Å²) >= 11 is 0. The van der Waals surface area contributed by atoms with Crippen LogP contribution < -0.4 is 5.32 Å². The van der Waals surface area contributed by atoms with Crippen LogP contribution in [-0.2, 0) is 4.74 Å². The van der Waals surface area contributed by atoms with Crippen LogP contribution in [0.3, 0.4) is 0 Å². The fourth-order valence-corrected chi connectivity index (χ4v) is 3.99. The maximum Gasteiger partial charge on any atom is 0.193 e. The van der Waals surface area contributed by atoms with Gasteiger partial charge in [0.1, 0.15) is 0 Å². The first-order chi connectivity index (χ1) is 9.31. The van der Waals surface area contributed by atoms with Crippen LogP contribution in [0.1, 0.15) is 44.9 Å². The van der Waals surface area contributed by atoms with E-state index in [0.717, 1.165) is 19.1 Å². The van der Waals surface area contributed by atoms with Crippen molar-refractivity contribution in [3.05, 3.63) is 0 Å². The third-order valence-corrected chi connectivity index (χ3v) is 5.13. The fourth-order valence-electron chi connectivity index (χ4n) is 3.99. The lowest BCUT2D eigenvalue weighted by atomic mass is 9.86. The van der Waals surface area contributed by atoms with Gasteiger partial charge in [-0.15, -0.1) is 0 Å². The van der Waals surface area contributed by atoms with Gasteiger partial charge in [0.05, 0.1) is 6.10 Å². The van der Waals surface area contributed by atoms with Crippen LogP contribution in [0.25, 0.3) is 0 Å². The second kappa shape index (κ2) is 5.70. The minimum Gasteiger partial charge on any atom is -0.376 e. The van der Waals surface area contributed by atoms with Gasteiger partial charge in [-0.25, -0.2) is 0 Å². The normalized spacial score (nSPS) is 30.5. The Morgan fingerprint density at radius 2 is 2.16 bits per heavy atom. The summed E-state index contributed by atoms with van der Waals surface area (Å²) in [5.74, 6) is 1.08. The molecule has 3 fully saturated rings. The van der Waals surface area contributed by atoms with Gasteiger partial charge in [0.15, 0.2) is 5.96 Å². The minimum atomic E-state index is 0.389. The maximum absolute atomic E-state index is 5.67. The topological polar surface area (TPSA) is 36.9 Å². The molecule has 108 valence electrons. The molecule has 0 amide bonds. The van der Waals surface area contributed by atoms with E-state index in [1.165, 1.54) is 58.0 Å². The molecule has 0 aromatic heterocycles. The predicted molar refractivity (Wildman–Crippen MR) is 77.4 cm³/mol. The second-order valence-electron chi connectivity index (χ2n) is 6.44. The third-order valence-electron chi connectivity index (χ3n) is 5.13. The van der Waals surface area contributed by atoms with Crippen molar-refractivity contribution < 1.29 is 4.74 Å². The SMILES string of the molecule is CN=C(NCC1CCCO1)N1CCC2(CCCC2)C1. The van der Waals surface area contributed by atoms with E-state index in [1.807, 2.05) is 7.05 Å². The van der Waals surface area contributed by atoms with E-state index in [2.05, 4.69) is 15.2 Å². The molecule has 19 heavy (non-hydrogen) atoms. The highest BCUT2D eigenvalue weighted by Crippen LogP contribution is 2.45. The van der Waals surface area contributed by atoms with Gasteiger partial charge in [-0.2, -0.15) is 0 Å². The summed E-state index contributed by atoms with van der Waals surface area (Å²) in [7, 11) is 1.90. The molecule has 0 bridgehead atoms. The van der Waals surface area contributed by atoms with Crippen LogP contribution in [-0.4, -0.2) is 50.3 Å². The highest BCUT2D eigenvalue weighted by Gasteiger charge is 2.41.